The van der Waals surface area contributed by atoms with Crippen molar-refractivity contribution in [1.82, 2.24) is 30.8 Å². The Hall–Kier alpha value is -2.81. The quantitative estimate of drug-likeness (QED) is 0.423. The highest BCUT2D eigenvalue weighted by atomic mass is 15.2. The van der Waals surface area contributed by atoms with Gasteiger partial charge < -0.3 is 21.3 Å². The van der Waals surface area contributed by atoms with Gasteiger partial charge in [0.15, 0.2) is 5.82 Å². The lowest BCUT2D eigenvalue weighted by Crippen LogP contribution is -2.52. The molecule has 0 radical (unpaired) electrons. The van der Waals surface area contributed by atoms with Crippen LogP contribution >= 0.6 is 0 Å². The molecule has 0 bridgehead atoms. The number of aromatic nitrogens is 4. The average Bonchev–Trinajstić information content (AvgIpc) is 3.45. The molecule has 0 amide bonds. The fourth-order valence-corrected chi connectivity index (χ4v) is 6.19. The molecule has 2 fully saturated rings. The van der Waals surface area contributed by atoms with Crippen LogP contribution in [0.15, 0.2) is 36.5 Å². The number of benzene rings is 1. The van der Waals surface area contributed by atoms with Gasteiger partial charge >= 0.3 is 0 Å². The van der Waals surface area contributed by atoms with Crippen molar-refractivity contribution in [2.45, 2.75) is 76.0 Å². The van der Waals surface area contributed by atoms with Gasteiger partial charge in [0.25, 0.3) is 0 Å². The second-order valence-electron chi connectivity index (χ2n) is 10.6. The first-order valence-corrected chi connectivity index (χ1v) is 13.7. The highest BCUT2D eigenvalue weighted by Gasteiger charge is 2.44. The van der Waals surface area contributed by atoms with Crippen molar-refractivity contribution in [2.24, 2.45) is 5.73 Å². The zero-order chi connectivity index (χ0) is 24.4. The highest BCUT2D eigenvalue weighted by Crippen LogP contribution is 2.38. The van der Waals surface area contributed by atoms with E-state index in [4.69, 9.17) is 15.7 Å². The molecule has 0 spiro atoms. The molecular formula is C28H38N8. The van der Waals surface area contributed by atoms with Gasteiger partial charge in [0.05, 0.1) is 16.9 Å². The first-order chi connectivity index (χ1) is 17.7. The van der Waals surface area contributed by atoms with Gasteiger partial charge in [-0.15, -0.1) is 0 Å². The number of nitrogens with two attached hydrogens (primary N) is 1. The Morgan fingerprint density at radius 1 is 1.06 bits per heavy atom. The molecule has 3 aromatic rings. The molecule has 1 saturated carbocycles. The molecule has 3 aliphatic rings. The minimum atomic E-state index is -0.572. The summed E-state index contributed by atoms with van der Waals surface area (Å²) in [6, 6.07) is 10.4. The normalized spacial score (nSPS) is 24.5. The summed E-state index contributed by atoms with van der Waals surface area (Å²) in [6.07, 6.45) is 11.0. The summed E-state index contributed by atoms with van der Waals surface area (Å²) in [7, 11) is 0. The minimum Gasteiger partial charge on any atom is -0.356 e. The Bertz CT molecular complexity index is 1170. The van der Waals surface area contributed by atoms with Crippen LogP contribution in [-0.2, 0) is 25.0 Å². The van der Waals surface area contributed by atoms with Crippen LogP contribution in [0.5, 0.6) is 0 Å². The van der Waals surface area contributed by atoms with Gasteiger partial charge in [0.1, 0.15) is 5.82 Å². The Labute approximate surface area is 213 Å². The van der Waals surface area contributed by atoms with Gasteiger partial charge in [0, 0.05) is 68.1 Å². The fourth-order valence-electron chi connectivity index (χ4n) is 6.19. The molecule has 2 aliphatic heterocycles. The van der Waals surface area contributed by atoms with Crippen molar-refractivity contribution < 1.29 is 0 Å². The van der Waals surface area contributed by atoms with E-state index in [2.05, 4.69) is 37.9 Å². The number of anilines is 1. The smallest absolute Gasteiger partial charge is 0.152 e. The molecule has 2 unspecified atom stereocenters. The zero-order valence-corrected chi connectivity index (χ0v) is 21.1. The van der Waals surface area contributed by atoms with Gasteiger partial charge in [-0.25, -0.2) is 9.97 Å². The second kappa shape index (κ2) is 10.3. The number of H-pyrrole nitrogens is 1. The minimum absolute atomic E-state index is 0.118. The van der Waals surface area contributed by atoms with Crippen molar-refractivity contribution in [3.63, 3.8) is 0 Å². The Morgan fingerprint density at radius 3 is 2.72 bits per heavy atom. The van der Waals surface area contributed by atoms with E-state index in [9.17, 15) is 0 Å². The first-order valence-electron chi connectivity index (χ1n) is 13.7. The van der Waals surface area contributed by atoms with Crippen molar-refractivity contribution in [3.8, 4) is 11.3 Å². The largest absolute Gasteiger partial charge is 0.356 e. The van der Waals surface area contributed by atoms with E-state index < -0.39 is 5.54 Å². The zero-order valence-electron chi connectivity index (χ0n) is 21.1. The van der Waals surface area contributed by atoms with Crippen LogP contribution in [-0.4, -0.2) is 45.8 Å². The van der Waals surface area contributed by atoms with Crippen molar-refractivity contribution >= 4 is 5.82 Å². The molecular weight excluding hydrogens is 448 g/mol. The second-order valence-corrected chi connectivity index (χ2v) is 10.6. The molecule has 2 atom stereocenters. The molecule has 8 nitrogen and oxygen atoms in total. The summed E-state index contributed by atoms with van der Waals surface area (Å²) in [5.74, 6) is 1.95. The molecule has 1 saturated heterocycles. The monoisotopic (exact) mass is 486 g/mol. The van der Waals surface area contributed by atoms with E-state index in [-0.39, 0.29) is 6.04 Å². The van der Waals surface area contributed by atoms with Gasteiger partial charge in [-0.3, -0.25) is 5.10 Å². The average molecular weight is 487 g/mol. The van der Waals surface area contributed by atoms with E-state index in [1.165, 1.54) is 36.9 Å². The third kappa shape index (κ3) is 4.53. The van der Waals surface area contributed by atoms with Crippen LogP contribution in [0.3, 0.4) is 0 Å². The number of nitrogens with one attached hydrogen (secondary N) is 3. The number of aromatic amines is 1. The van der Waals surface area contributed by atoms with Crippen molar-refractivity contribution in [3.05, 3.63) is 59.2 Å². The number of hydrogen-bond donors (Lipinski definition) is 4. The predicted molar refractivity (Wildman–Crippen MR) is 142 cm³/mol. The molecule has 36 heavy (non-hydrogen) atoms. The van der Waals surface area contributed by atoms with Gasteiger partial charge in [-0.1, -0.05) is 43.2 Å². The molecule has 8 heteroatoms. The Morgan fingerprint density at radius 2 is 1.89 bits per heavy atom. The SMILES string of the molecule is NC1(c2nc3c(c(N4CCCCCC4)n2)CNCC3)CCCC1NCc1c[nH]nc1-c1ccccc1. The molecule has 1 aromatic carbocycles. The Kier molecular flexibility index (Phi) is 6.73. The van der Waals surface area contributed by atoms with Crippen molar-refractivity contribution in [1.29, 1.82) is 0 Å². The Balaban J connectivity index is 1.28. The molecule has 2 aromatic heterocycles. The molecule has 6 rings (SSSR count). The fraction of sp³-hybridized carbons (Fsp3) is 0.536. The van der Waals surface area contributed by atoms with Crippen LogP contribution in [0.2, 0.25) is 0 Å². The maximum Gasteiger partial charge on any atom is 0.152 e. The number of fused-ring (bicyclic) bond motifs is 1. The van der Waals surface area contributed by atoms with Gasteiger partial charge in [-0.2, -0.15) is 5.10 Å². The number of nitrogens with zero attached hydrogens (tertiary/aromatic N) is 4. The highest BCUT2D eigenvalue weighted by molar-refractivity contribution is 5.62. The lowest BCUT2D eigenvalue weighted by Gasteiger charge is -2.34. The number of hydrogen-bond acceptors (Lipinski definition) is 7. The summed E-state index contributed by atoms with van der Waals surface area (Å²) in [5.41, 5.74) is 12.4. The topological polar surface area (TPSA) is 108 Å². The van der Waals surface area contributed by atoms with E-state index in [1.807, 2.05) is 24.4 Å². The summed E-state index contributed by atoms with van der Waals surface area (Å²) in [4.78, 5) is 12.9. The lowest BCUT2D eigenvalue weighted by molar-refractivity contribution is 0.323. The molecule has 4 heterocycles. The van der Waals surface area contributed by atoms with Crippen LogP contribution in [0, 0.1) is 0 Å². The molecule has 5 N–H and O–H groups in total. The van der Waals surface area contributed by atoms with Crippen LogP contribution in [0.25, 0.3) is 11.3 Å². The van der Waals surface area contributed by atoms with E-state index >= 15 is 0 Å². The van der Waals surface area contributed by atoms with E-state index in [1.54, 1.807) is 0 Å². The lowest BCUT2D eigenvalue weighted by atomic mass is 9.92. The third-order valence-corrected chi connectivity index (χ3v) is 8.24. The van der Waals surface area contributed by atoms with E-state index in [0.717, 1.165) is 80.3 Å². The van der Waals surface area contributed by atoms with Crippen LogP contribution in [0.1, 0.15) is 67.6 Å². The predicted octanol–water partition coefficient (Wildman–Crippen LogP) is 3.39. The number of rotatable bonds is 6. The summed E-state index contributed by atoms with van der Waals surface area (Å²) in [5, 5.41) is 14.9. The molecule has 1 aliphatic carbocycles. The van der Waals surface area contributed by atoms with Gasteiger partial charge in [-0.05, 0) is 32.1 Å². The summed E-state index contributed by atoms with van der Waals surface area (Å²) >= 11 is 0. The van der Waals surface area contributed by atoms with Crippen molar-refractivity contribution in [2.75, 3.05) is 24.5 Å². The molecule has 190 valence electrons. The maximum absolute atomic E-state index is 7.23. The van der Waals surface area contributed by atoms with Gasteiger partial charge in [0.2, 0.25) is 0 Å². The first kappa shape index (κ1) is 23.6. The van der Waals surface area contributed by atoms with Crippen LogP contribution in [0.4, 0.5) is 5.82 Å². The van der Waals surface area contributed by atoms with Crippen LogP contribution < -0.4 is 21.3 Å². The summed E-state index contributed by atoms with van der Waals surface area (Å²) < 4.78 is 0. The maximum atomic E-state index is 7.23. The standard InChI is InChI=1S/C28H38N8/c29-28(13-8-11-24(28)31-17-21-18-32-35-25(21)20-9-4-3-5-10-20)27-33-23-12-14-30-19-22(23)26(34-27)36-15-6-1-2-7-16-36/h3-5,9-10,18,24,30-31H,1-2,6-8,11-17,19,29H2,(H,32,35). The third-order valence-electron chi connectivity index (χ3n) is 8.24. The van der Waals surface area contributed by atoms with E-state index in [0.29, 0.717) is 6.54 Å². The summed E-state index contributed by atoms with van der Waals surface area (Å²) in [6.45, 7) is 4.67.